The molecule has 6 nitrogen and oxygen atoms in total. The first-order valence-corrected chi connectivity index (χ1v) is 10.8. The summed E-state index contributed by atoms with van der Waals surface area (Å²) in [5.41, 5.74) is 2.60. The highest BCUT2D eigenvalue weighted by Crippen LogP contribution is 2.31. The fourth-order valence-electron chi connectivity index (χ4n) is 4.13. The van der Waals surface area contributed by atoms with E-state index in [4.69, 9.17) is 4.42 Å². The van der Waals surface area contributed by atoms with E-state index < -0.39 is 17.2 Å². The number of nitrogens with zero attached hydrogens (tertiary/aromatic N) is 2. The first-order valence-electron chi connectivity index (χ1n) is 10.8. The number of furan rings is 1. The Labute approximate surface area is 191 Å². The van der Waals surface area contributed by atoms with Crippen molar-refractivity contribution in [2.75, 3.05) is 0 Å². The number of carbonyl (C=O) groups excluding carboxylic acids is 1. The van der Waals surface area contributed by atoms with E-state index >= 15 is 0 Å². The molecule has 0 atom stereocenters. The predicted molar refractivity (Wildman–Crippen MR) is 126 cm³/mol. The largest absolute Gasteiger partial charge is 0.494 e. The zero-order chi connectivity index (χ0) is 23.7. The molecule has 0 aliphatic rings. The van der Waals surface area contributed by atoms with Gasteiger partial charge in [0.15, 0.2) is 5.76 Å². The van der Waals surface area contributed by atoms with Crippen LogP contribution in [0, 0.1) is 25.2 Å². The number of carbonyl (C=O) groups is 1. The third-order valence-electron chi connectivity index (χ3n) is 6.11. The molecule has 6 heteroatoms. The molecule has 2 heterocycles. The van der Waals surface area contributed by atoms with E-state index in [1.54, 1.807) is 6.92 Å². The van der Waals surface area contributed by atoms with Gasteiger partial charge in [-0.2, -0.15) is 5.26 Å². The molecule has 4 aromatic rings. The molecule has 0 aliphatic carbocycles. The molecule has 0 amide bonds. The van der Waals surface area contributed by atoms with E-state index in [-0.39, 0.29) is 29.0 Å². The van der Waals surface area contributed by atoms with Gasteiger partial charge in [-0.3, -0.25) is 14.2 Å². The van der Waals surface area contributed by atoms with Crippen molar-refractivity contribution in [1.29, 1.82) is 5.26 Å². The molecular weight excluding hydrogens is 416 g/mol. The number of benzene rings is 2. The lowest BCUT2D eigenvalue weighted by molar-refractivity contribution is 0.101. The van der Waals surface area contributed by atoms with Gasteiger partial charge in [0, 0.05) is 17.5 Å². The van der Waals surface area contributed by atoms with Crippen LogP contribution in [0.3, 0.4) is 0 Å². The number of ketones is 1. The summed E-state index contributed by atoms with van der Waals surface area (Å²) in [6.07, 6.45) is 1.31. The maximum atomic E-state index is 13.6. The van der Waals surface area contributed by atoms with Crippen LogP contribution in [0.2, 0.25) is 0 Å². The monoisotopic (exact) mass is 440 g/mol. The van der Waals surface area contributed by atoms with Gasteiger partial charge < -0.3 is 9.52 Å². The van der Waals surface area contributed by atoms with Crippen molar-refractivity contribution >= 4 is 16.8 Å². The van der Waals surface area contributed by atoms with Crippen molar-refractivity contribution in [1.82, 2.24) is 4.57 Å². The van der Waals surface area contributed by atoms with Gasteiger partial charge in [0.1, 0.15) is 17.2 Å². The highest BCUT2D eigenvalue weighted by Gasteiger charge is 2.28. The van der Waals surface area contributed by atoms with Crippen LogP contribution in [0.25, 0.3) is 11.0 Å². The lowest BCUT2D eigenvalue weighted by atomic mass is 9.98. The lowest BCUT2D eigenvalue weighted by Gasteiger charge is -2.15. The number of rotatable bonds is 6. The van der Waals surface area contributed by atoms with Gasteiger partial charge in [-0.25, -0.2) is 0 Å². The lowest BCUT2D eigenvalue weighted by Crippen LogP contribution is -2.27. The van der Waals surface area contributed by atoms with Crippen LogP contribution in [0.5, 0.6) is 5.88 Å². The SMILES string of the molecule is CCc1ccc2oc(C(=O)c3c(C)c(C#N)c(=O)n(CCc4ccccc4)c3O)c(C)c2c1. The number of hydrogen-bond donors (Lipinski definition) is 1. The molecular formula is C27H24N2O4. The summed E-state index contributed by atoms with van der Waals surface area (Å²) >= 11 is 0. The maximum Gasteiger partial charge on any atom is 0.271 e. The van der Waals surface area contributed by atoms with Crippen LogP contribution < -0.4 is 5.56 Å². The molecule has 0 spiro atoms. The molecule has 1 N–H and O–H groups in total. The molecule has 0 bridgehead atoms. The van der Waals surface area contributed by atoms with Gasteiger partial charge in [-0.05, 0) is 55.5 Å². The highest BCUT2D eigenvalue weighted by molar-refractivity contribution is 6.12. The van der Waals surface area contributed by atoms with Crippen molar-refractivity contribution in [3.05, 3.63) is 98.0 Å². The number of pyridine rings is 1. The van der Waals surface area contributed by atoms with Crippen LogP contribution in [0.15, 0.2) is 57.7 Å². The quantitative estimate of drug-likeness (QED) is 0.434. The Balaban J connectivity index is 1.84. The van der Waals surface area contributed by atoms with Crippen LogP contribution in [-0.2, 0) is 19.4 Å². The van der Waals surface area contributed by atoms with E-state index in [1.807, 2.05) is 61.5 Å². The number of fused-ring (bicyclic) bond motifs is 1. The normalized spacial score (nSPS) is 11.0. The zero-order valence-electron chi connectivity index (χ0n) is 18.8. The molecule has 2 aromatic carbocycles. The van der Waals surface area contributed by atoms with E-state index in [0.717, 1.165) is 27.5 Å². The Hall–Kier alpha value is -4.11. The maximum absolute atomic E-state index is 13.6. The summed E-state index contributed by atoms with van der Waals surface area (Å²) in [5, 5.41) is 21.5. The minimum atomic E-state index is -0.617. The van der Waals surface area contributed by atoms with Crippen molar-refractivity contribution < 1.29 is 14.3 Å². The minimum absolute atomic E-state index is 0.0860. The van der Waals surface area contributed by atoms with E-state index in [2.05, 4.69) is 0 Å². The first kappa shape index (κ1) is 22.1. The van der Waals surface area contributed by atoms with Gasteiger partial charge in [0.25, 0.3) is 5.56 Å². The van der Waals surface area contributed by atoms with Gasteiger partial charge in [-0.15, -0.1) is 0 Å². The molecule has 0 unspecified atom stereocenters. The standard InChI is InChI=1S/C27H24N2O4/c1-4-18-10-11-22-20(14-18)17(3)25(33-22)24(30)23-16(2)21(15-28)26(31)29(27(23)32)13-12-19-8-6-5-7-9-19/h5-11,14,32H,4,12-13H2,1-3H3. The summed E-state index contributed by atoms with van der Waals surface area (Å²) in [6.45, 7) is 5.47. The molecule has 2 aromatic heterocycles. The van der Waals surface area contributed by atoms with Gasteiger partial charge >= 0.3 is 0 Å². The summed E-state index contributed by atoms with van der Waals surface area (Å²) < 4.78 is 6.96. The number of hydrogen-bond acceptors (Lipinski definition) is 5. The van der Waals surface area contributed by atoms with E-state index in [0.29, 0.717) is 17.6 Å². The fraction of sp³-hybridized carbons (Fsp3) is 0.222. The van der Waals surface area contributed by atoms with Crippen LogP contribution in [-0.4, -0.2) is 15.5 Å². The second kappa shape index (κ2) is 8.79. The number of aromatic nitrogens is 1. The van der Waals surface area contributed by atoms with Crippen molar-refractivity contribution in [2.24, 2.45) is 0 Å². The van der Waals surface area contributed by atoms with Gasteiger partial charge in [0.2, 0.25) is 11.7 Å². The Morgan fingerprint density at radius 3 is 2.48 bits per heavy atom. The molecule has 4 rings (SSSR count). The summed E-state index contributed by atoms with van der Waals surface area (Å²) in [5.74, 6) is -0.915. The number of aromatic hydroxyl groups is 1. The molecule has 0 saturated carbocycles. The topological polar surface area (TPSA) is 96.2 Å². The highest BCUT2D eigenvalue weighted by atomic mass is 16.3. The van der Waals surface area contributed by atoms with Crippen molar-refractivity contribution in [3.8, 4) is 11.9 Å². The van der Waals surface area contributed by atoms with Crippen LogP contribution in [0.1, 0.15) is 50.9 Å². The van der Waals surface area contributed by atoms with Crippen molar-refractivity contribution in [3.63, 3.8) is 0 Å². The Morgan fingerprint density at radius 1 is 1.09 bits per heavy atom. The smallest absolute Gasteiger partial charge is 0.271 e. The summed E-state index contributed by atoms with van der Waals surface area (Å²) in [7, 11) is 0. The average Bonchev–Trinajstić information content (AvgIpc) is 3.15. The molecule has 0 saturated heterocycles. The molecule has 0 radical (unpaired) electrons. The van der Waals surface area contributed by atoms with Crippen LogP contribution >= 0.6 is 0 Å². The first-order chi connectivity index (χ1) is 15.9. The van der Waals surface area contributed by atoms with Gasteiger partial charge in [-0.1, -0.05) is 43.3 Å². The minimum Gasteiger partial charge on any atom is -0.494 e. The van der Waals surface area contributed by atoms with Crippen LogP contribution in [0.4, 0.5) is 0 Å². The zero-order valence-corrected chi connectivity index (χ0v) is 18.8. The second-order valence-electron chi connectivity index (χ2n) is 8.07. The summed E-state index contributed by atoms with van der Waals surface area (Å²) in [4.78, 5) is 26.5. The molecule has 33 heavy (non-hydrogen) atoms. The Bertz CT molecular complexity index is 1470. The van der Waals surface area contributed by atoms with E-state index in [1.165, 1.54) is 6.92 Å². The predicted octanol–water partition coefficient (Wildman–Crippen LogP) is 4.82. The Morgan fingerprint density at radius 2 is 1.82 bits per heavy atom. The second-order valence-corrected chi connectivity index (χ2v) is 8.07. The third kappa shape index (κ3) is 3.83. The van der Waals surface area contributed by atoms with Gasteiger partial charge in [0.05, 0.1) is 5.56 Å². The molecule has 0 fully saturated rings. The molecule has 166 valence electrons. The Kier molecular flexibility index (Phi) is 5.89. The summed E-state index contributed by atoms with van der Waals surface area (Å²) in [6, 6.07) is 17.1. The number of aryl methyl sites for hydroxylation is 3. The average molecular weight is 440 g/mol. The number of nitriles is 1. The third-order valence-corrected chi connectivity index (χ3v) is 6.11. The van der Waals surface area contributed by atoms with Crippen molar-refractivity contribution in [2.45, 2.75) is 40.2 Å². The van der Waals surface area contributed by atoms with E-state index in [9.17, 15) is 20.0 Å². The molecule has 0 aliphatic heterocycles. The fourth-order valence-corrected chi connectivity index (χ4v) is 4.13.